The summed E-state index contributed by atoms with van der Waals surface area (Å²) in [6.45, 7) is 8.75. The molecule has 0 aromatic heterocycles. The van der Waals surface area contributed by atoms with Gasteiger partial charge in [-0.3, -0.25) is 9.59 Å². The molecule has 0 spiro atoms. The maximum absolute atomic E-state index is 13.2. The average molecular weight is 484 g/mol. The zero-order valence-corrected chi connectivity index (χ0v) is 20.9. The van der Waals surface area contributed by atoms with Gasteiger partial charge in [-0.2, -0.15) is 0 Å². The van der Waals surface area contributed by atoms with Crippen LogP contribution in [0.1, 0.15) is 44.9 Å². The zero-order valence-electron chi connectivity index (χ0n) is 20.9. The van der Waals surface area contributed by atoms with Crippen LogP contribution in [0, 0.1) is 0 Å². The molecule has 1 aliphatic heterocycles. The van der Waals surface area contributed by atoms with Gasteiger partial charge in [-0.15, -0.1) is 0 Å². The third kappa shape index (κ3) is 5.77. The van der Waals surface area contributed by atoms with Gasteiger partial charge in [0.05, 0.1) is 50.2 Å². The van der Waals surface area contributed by atoms with Crippen molar-refractivity contribution in [3.8, 4) is 17.2 Å². The van der Waals surface area contributed by atoms with Crippen LogP contribution in [0.3, 0.4) is 0 Å². The number of carbonyl (C=O) groups is 2. The van der Waals surface area contributed by atoms with E-state index in [0.717, 1.165) is 0 Å². The van der Waals surface area contributed by atoms with E-state index in [1.807, 2.05) is 27.7 Å². The summed E-state index contributed by atoms with van der Waals surface area (Å²) >= 11 is 0. The predicted octanol–water partition coefficient (Wildman–Crippen LogP) is 4.34. The molecule has 8 heteroatoms. The highest BCUT2D eigenvalue weighted by molar-refractivity contribution is 6.46. The van der Waals surface area contributed by atoms with Crippen LogP contribution in [-0.4, -0.2) is 61.3 Å². The van der Waals surface area contributed by atoms with Crippen LogP contribution in [0.2, 0.25) is 0 Å². The number of likely N-dealkylation sites (tertiary alicyclic amines) is 1. The minimum Gasteiger partial charge on any atom is -0.507 e. The summed E-state index contributed by atoms with van der Waals surface area (Å²) in [5.41, 5.74) is 0.972. The van der Waals surface area contributed by atoms with Crippen LogP contribution >= 0.6 is 0 Å². The smallest absolute Gasteiger partial charge is 0.295 e. The minimum atomic E-state index is -0.794. The van der Waals surface area contributed by atoms with Gasteiger partial charge in [0.1, 0.15) is 23.0 Å². The molecule has 1 amide bonds. The Balaban J connectivity index is 2.13. The second-order valence-electron chi connectivity index (χ2n) is 8.21. The molecular formula is C27H33NO7. The van der Waals surface area contributed by atoms with Gasteiger partial charge >= 0.3 is 0 Å². The molecule has 0 aliphatic carbocycles. The first kappa shape index (κ1) is 26.1. The third-order valence-electron chi connectivity index (χ3n) is 5.57. The SMILES string of the molecule is CCOc1ccc(/C(O)=C2/C(=O)C(=O)N(CCOC(C)C)C2c2ccc(OC)cc2)c(OCC)c1. The molecule has 0 bridgehead atoms. The number of methoxy groups -OCH3 is 1. The highest BCUT2D eigenvalue weighted by atomic mass is 16.5. The monoisotopic (exact) mass is 483 g/mol. The number of hydrogen-bond acceptors (Lipinski definition) is 7. The molecule has 1 N–H and O–H groups in total. The van der Waals surface area contributed by atoms with Gasteiger partial charge in [0, 0.05) is 12.6 Å². The highest BCUT2D eigenvalue weighted by Crippen LogP contribution is 2.41. The number of amides is 1. The van der Waals surface area contributed by atoms with Crippen LogP contribution in [0.25, 0.3) is 5.76 Å². The van der Waals surface area contributed by atoms with Crippen molar-refractivity contribution in [2.24, 2.45) is 0 Å². The topological polar surface area (TPSA) is 94.5 Å². The molecule has 1 atom stereocenters. The number of aliphatic hydroxyl groups excluding tert-OH is 1. The highest BCUT2D eigenvalue weighted by Gasteiger charge is 2.46. The van der Waals surface area contributed by atoms with Gasteiger partial charge in [0.15, 0.2) is 0 Å². The fourth-order valence-electron chi connectivity index (χ4n) is 4.00. The molecule has 8 nitrogen and oxygen atoms in total. The molecule has 2 aromatic rings. The van der Waals surface area contributed by atoms with Gasteiger partial charge in [-0.1, -0.05) is 12.1 Å². The van der Waals surface area contributed by atoms with Crippen molar-refractivity contribution in [2.75, 3.05) is 33.5 Å². The predicted molar refractivity (Wildman–Crippen MR) is 132 cm³/mol. The quantitative estimate of drug-likeness (QED) is 0.289. The van der Waals surface area contributed by atoms with E-state index in [2.05, 4.69) is 0 Å². The van der Waals surface area contributed by atoms with E-state index in [4.69, 9.17) is 18.9 Å². The Morgan fingerprint density at radius 1 is 1.00 bits per heavy atom. The van der Waals surface area contributed by atoms with Gasteiger partial charge in [-0.25, -0.2) is 0 Å². The Morgan fingerprint density at radius 3 is 2.26 bits per heavy atom. The number of aliphatic hydroxyl groups is 1. The first-order valence-corrected chi connectivity index (χ1v) is 11.8. The Kier molecular flexibility index (Phi) is 8.76. The molecule has 3 rings (SSSR count). The lowest BCUT2D eigenvalue weighted by molar-refractivity contribution is -0.140. The van der Waals surface area contributed by atoms with Crippen LogP contribution in [0.5, 0.6) is 17.2 Å². The van der Waals surface area contributed by atoms with Gasteiger partial charge in [0.2, 0.25) is 0 Å². The Morgan fingerprint density at radius 2 is 1.66 bits per heavy atom. The largest absolute Gasteiger partial charge is 0.507 e. The summed E-state index contributed by atoms with van der Waals surface area (Å²) in [6, 6.07) is 11.3. The summed E-state index contributed by atoms with van der Waals surface area (Å²) < 4.78 is 22.2. The van der Waals surface area contributed by atoms with Crippen molar-refractivity contribution < 1.29 is 33.6 Å². The number of Topliss-reactive ketones (excluding diaryl/α,β-unsaturated/α-hetero) is 1. The molecule has 1 saturated heterocycles. The maximum Gasteiger partial charge on any atom is 0.295 e. The van der Waals surface area contributed by atoms with Crippen molar-refractivity contribution in [1.29, 1.82) is 0 Å². The van der Waals surface area contributed by atoms with Crippen molar-refractivity contribution >= 4 is 17.4 Å². The van der Waals surface area contributed by atoms with Gasteiger partial charge < -0.3 is 29.0 Å². The van der Waals surface area contributed by atoms with Crippen LogP contribution in [0.4, 0.5) is 0 Å². The summed E-state index contributed by atoms with van der Waals surface area (Å²) in [7, 11) is 1.56. The summed E-state index contributed by atoms with van der Waals surface area (Å²) in [6.07, 6.45) is -0.0242. The van der Waals surface area contributed by atoms with Crippen LogP contribution in [0.15, 0.2) is 48.0 Å². The Hall–Kier alpha value is -3.52. The number of ketones is 1. The van der Waals surface area contributed by atoms with E-state index >= 15 is 0 Å². The normalized spacial score (nSPS) is 17.2. The lowest BCUT2D eigenvalue weighted by Crippen LogP contribution is -2.33. The minimum absolute atomic E-state index is 0.00479. The third-order valence-corrected chi connectivity index (χ3v) is 5.57. The van der Waals surface area contributed by atoms with E-state index in [9.17, 15) is 14.7 Å². The molecule has 2 aromatic carbocycles. The number of benzene rings is 2. The fourth-order valence-corrected chi connectivity index (χ4v) is 4.00. The van der Waals surface area contributed by atoms with E-state index in [0.29, 0.717) is 41.6 Å². The Labute approximate surface area is 206 Å². The Bertz CT molecular complexity index is 1080. The van der Waals surface area contributed by atoms with E-state index in [1.54, 1.807) is 49.6 Å². The molecule has 1 heterocycles. The molecule has 1 fully saturated rings. The number of ether oxygens (including phenoxy) is 4. The van der Waals surface area contributed by atoms with Crippen molar-refractivity contribution in [3.63, 3.8) is 0 Å². The number of carbonyl (C=O) groups excluding carboxylic acids is 2. The van der Waals surface area contributed by atoms with E-state index in [1.165, 1.54) is 4.90 Å². The molecule has 1 unspecified atom stereocenters. The second kappa shape index (κ2) is 11.8. The van der Waals surface area contributed by atoms with Crippen molar-refractivity contribution in [2.45, 2.75) is 39.8 Å². The molecule has 0 radical (unpaired) electrons. The average Bonchev–Trinajstić information content (AvgIpc) is 3.09. The number of hydrogen-bond donors (Lipinski definition) is 1. The molecule has 188 valence electrons. The van der Waals surface area contributed by atoms with E-state index < -0.39 is 17.7 Å². The second-order valence-corrected chi connectivity index (χ2v) is 8.21. The lowest BCUT2D eigenvalue weighted by Gasteiger charge is -2.26. The molecule has 35 heavy (non-hydrogen) atoms. The van der Waals surface area contributed by atoms with Crippen LogP contribution in [-0.2, 0) is 14.3 Å². The lowest BCUT2D eigenvalue weighted by atomic mass is 9.95. The van der Waals surface area contributed by atoms with Crippen LogP contribution < -0.4 is 14.2 Å². The number of nitrogens with zero attached hydrogens (tertiary/aromatic N) is 1. The fraction of sp³-hybridized carbons (Fsp3) is 0.407. The zero-order chi connectivity index (χ0) is 25.5. The summed E-state index contributed by atoms with van der Waals surface area (Å²) in [5.74, 6) is -0.181. The van der Waals surface area contributed by atoms with Gasteiger partial charge in [-0.05, 0) is 57.5 Å². The maximum atomic E-state index is 13.2. The van der Waals surface area contributed by atoms with Gasteiger partial charge in [0.25, 0.3) is 11.7 Å². The summed E-state index contributed by atoms with van der Waals surface area (Å²) in [4.78, 5) is 27.8. The van der Waals surface area contributed by atoms with Crippen molar-refractivity contribution in [1.82, 2.24) is 4.90 Å². The number of rotatable bonds is 11. The molecule has 0 saturated carbocycles. The van der Waals surface area contributed by atoms with Crippen molar-refractivity contribution in [3.05, 3.63) is 59.2 Å². The first-order chi connectivity index (χ1) is 16.8. The molecule has 1 aliphatic rings. The molecular weight excluding hydrogens is 450 g/mol. The first-order valence-electron chi connectivity index (χ1n) is 11.8. The van der Waals surface area contributed by atoms with E-state index in [-0.39, 0.29) is 30.6 Å². The summed E-state index contributed by atoms with van der Waals surface area (Å²) in [5, 5.41) is 11.4. The standard InChI is InChI=1S/C27H33NO7/c1-6-33-20-12-13-21(22(16-20)34-7-2)25(29)23-24(18-8-10-19(32-5)11-9-18)28(27(31)26(23)30)14-15-35-17(3)4/h8-13,16-17,24,29H,6-7,14-15H2,1-5H3/b25-23-.